The van der Waals surface area contributed by atoms with Gasteiger partial charge in [0.05, 0.1) is 18.8 Å². The zero-order chi connectivity index (χ0) is 30.8. The molecule has 43 heavy (non-hydrogen) atoms. The summed E-state index contributed by atoms with van der Waals surface area (Å²) in [5.41, 5.74) is -2.33. The molecule has 0 radical (unpaired) electrons. The second-order valence-electron chi connectivity index (χ2n) is 15.6. The smallest absolute Gasteiger partial charge is 0.385 e. The quantitative estimate of drug-likeness (QED) is 0.271. The van der Waals surface area contributed by atoms with Gasteiger partial charge in [-0.25, -0.2) is 0 Å². The van der Waals surface area contributed by atoms with Gasteiger partial charge in [-0.1, -0.05) is 50.6 Å². The van der Waals surface area contributed by atoms with Crippen LogP contribution in [0, 0.1) is 22.7 Å². The number of hydrogen-bond donors (Lipinski definition) is 2. The first-order valence-corrected chi connectivity index (χ1v) is 15.9. The molecule has 9 heteroatoms. The summed E-state index contributed by atoms with van der Waals surface area (Å²) in [6.07, 6.45) is -2.16. The topological polar surface area (TPSA) is 58.9 Å². The Hall–Kier alpha value is -1.55. The number of hydrogen-bond acceptors (Lipinski definition) is 4. The predicted octanol–water partition coefficient (Wildman–Crippen LogP) is 7.79. The summed E-state index contributed by atoms with van der Waals surface area (Å²) >= 11 is 0. The van der Waals surface area contributed by atoms with Gasteiger partial charge < -0.3 is 19.7 Å². The van der Waals surface area contributed by atoms with E-state index in [-0.39, 0.29) is 30.6 Å². The molecule has 0 aromatic heterocycles. The second-order valence-corrected chi connectivity index (χ2v) is 15.6. The molecule has 1 aromatic rings. The Bertz CT molecular complexity index is 1320. The van der Waals surface area contributed by atoms with Crippen molar-refractivity contribution in [3.8, 4) is 0 Å². The van der Waals surface area contributed by atoms with Crippen molar-refractivity contribution in [3.63, 3.8) is 0 Å². The Morgan fingerprint density at radius 2 is 1.53 bits per heavy atom. The highest BCUT2D eigenvalue weighted by Gasteiger charge is 2.79. The fourth-order valence-corrected chi connectivity index (χ4v) is 9.75. The molecule has 6 atom stereocenters. The molecule has 1 aromatic carbocycles. The second kappa shape index (κ2) is 9.26. The summed E-state index contributed by atoms with van der Waals surface area (Å²) in [5.74, 6) is -7.05. The number of allylic oxidation sites excluding steroid dienone is 1. The number of aliphatic hydroxyl groups is 2. The van der Waals surface area contributed by atoms with E-state index in [0.717, 1.165) is 35.1 Å². The highest BCUT2D eigenvalue weighted by atomic mass is 19.4. The Labute approximate surface area is 250 Å². The van der Waals surface area contributed by atoms with Crippen LogP contribution in [-0.4, -0.2) is 52.5 Å². The van der Waals surface area contributed by atoms with E-state index >= 15 is 8.78 Å². The third kappa shape index (κ3) is 4.34. The van der Waals surface area contributed by atoms with E-state index in [4.69, 9.17) is 9.47 Å². The maximum Gasteiger partial charge on any atom is 0.456 e. The van der Waals surface area contributed by atoms with Crippen LogP contribution in [0.25, 0.3) is 0 Å². The fraction of sp³-hybridized carbons (Fsp3) is 0.765. The molecular formula is C34H43F5O4. The van der Waals surface area contributed by atoms with E-state index in [1.165, 1.54) is 6.92 Å². The van der Waals surface area contributed by atoms with Gasteiger partial charge in [-0.15, -0.1) is 0 Å². The van der Waals surface area contributed by atoms with Crippen molar-refractivity contribution in [2.75, 3.05) is 13.2 Å². The highest BCUT2D eigenvalue weighted by Crippen LogP contribution is 2.71. The molecule has 1 aliphatic heterocycles. The van der Waals surface area contributed by atoms with Gasteiger partial charge in [0.25, 0.3) is 0 Å². The molecule has 2 N–H and O–H groups in total. The van der Waals surface area contributed by atoms with Gasteiger partial charge >= 0.3 is 12.1 Å². The molecule has 4 nitrogen and oxygen atoms in total. The Kier molecular flexibility index (Phi) is 6.49. The molecule has 0 bridgehead atoms. The largest absolute Gasteiger partial charge is 0.456 e. The number of benzene rings is 1. The minimum Gasteiger partial charge on any atom is -0.385 e. The maximum atomic E-state index is 15.3. The average molecular weight is 611 g/mol. The number of halogens is 5. The van der Waals surface area contributed by atoms with Crippen LogP contribution >= 0.6 is 0 Å². The van der Waals surface area contributed by atoms with Crippen LogP contribution in [0.3, 0.4) is 0 Å². The summed E-state index contributed by atoms with van der Waals surface area (Å²) in [6, 6.07) is 8.02. The number of ether oxygens (including phenoxy) is 2. The monoisotopic (exact) mass is 610 g/mol. The average Bonchev–Trinajstić information content (AvgIpc) is 3.74. The van der Waals surface area contributed by atoms with Crippen molar-refractivity contribution in [2.24, 2.45) is 22.7 Å². The molecule has 5 fully saturated rings. The lowest BCUT2D eigenvalue weighted by molar-refractivity contribution is -0.362. The van der Waals surface area contributed by atoms with Crippen molar-refractivity contribution in [3.05, 3.63) is 46.5 Å². The van der Waals surface area contributed by atoms with E-state index < -0.39 is 52.8 Å². The van der Waals surface area contributed by atoms with Crippen LogP contribution in [0.5, 0.6) is 0 Å². The number of fused-ring (bicyclic) bond motifs is 4. The molecule has 4 saturated carbocycles. The Morgan fingerprint density at radius 3 is 2.19 bits per heavy atom. The first kappa shape index (κ1) is 30.1. The summed E-state index contributed by atoms with van der Waals surface area (Å²) < 4.78 is 84.8. The number of rotatable bonds is 3. The molecule has 1 heterocycles. The molecular weight excluding hydrogens is 567 g/mol. The SMILES string of the molecule is CC1(C)COC2(CCC3=C4C(CCC3(O)C2)C2CC[C@@](O)(C(F)(F)C(F)(F)F)C2(C)C[C@@H]4c2cccc(C3CC3)c2)OC1. The summed E-state index contributed by atoms with van der Waals surface area (Å²) in [5, 5.41) is 23.8. The van der Waals surface area contributed by atoms with E-state index in [2.05, 4.69) is 19.9 Å². The lowest BCUT2D eigenvalue weighted by Gasteiger charge is -2.59. The minimum atomic E-state index is -5.86. The van der Waals surface area contributed by atoms with Gasteiger partial charge in [0.15, 0.2) is 5.79 Å². The van der Waals surface area contributed by atoms with Crippen LogP contribution in [-0.2, 0) is 9.47 Å². The Balaban J connectivity index is 1.34. The van der Waals surface area contributed by atoms with E-state index in [0.29, 0.717) is 44.8 Å². The van der Waals surface area contributed by atoms with Crippen LogP contribution in [0.4, 0.5) is 22.0 Å². The third-order valence-corrected chi connectivity index (χ3v) is 12.3. The molecule has 238 valence electrons. The maximum absolute atomic E-state index is 15.3. The summed E-state index contributed by atoms with van der Waals surface area (Å²) in [4.78, 5) is 0. The van der Waals surface area contributed by atoms with Gasteiger partial charge in [-0.2, -0.15) is 22.0 Å². The summed E-state index contributed by atoms with van der Waals surface area (Å²) in [6.45, 7) is 6.63. The first-order valence-electron chi connectivity index (χ1n) is 15.9. The molecule has 1 spiro atoms. The van der Waals surface area contributed by atoms with Gasteiger partial charge in [0.1, 0.15) is 5.60 Å². The van der Waals surface area contributed by atoms with Crippen LogP contribution in [0.15, 0.2) is 35.4 Å². The van der Waals surface area contributed by atoms with E-state index in [1.807, 2.05) is 18.2 Å². The zero-order valence-corrected chi connectivity index (χ0v) is 25.2. The Morgan fingerprint density at radius 1 is 0.860 bits per heavy atom. The van der Waals surface area contributed by atoms with Crippen LogP contribution in [0.2, 0.25) is 0 Å². The first-order chi connectivity index (χ1) is 19.9. The van der Waals surface area contributed by atoms with Gasteiger partial charge in [0, 0.05) is 29.6 Å². The standard InChI is InChI=1S/C34H43F5O4/c1-28(2)18-42-31(43-19-28)13-10-26-27-23(9-12-30(26,40)17-31)25-11-14-32(41,33(35,36)34(37,38)39)29(25,3)16-24(27)22-6-4-5-21(15-22)20-7-8-20/h4-6,15,20,23-25,40-41H,7-14,16-19H2,1-3H3/t23?,24-,25?,29?,30?,32+/m1/s1. The molecule has 7 rings (SSSR count). The third-order valence-electron chi connectivity index (χ3n) is 12.3. The lowest BCUT2D eigenvalue weighted by atomic mass is 9.49. The normalized spacial score (nSPS) is 40.7. The van der Waals surface area contributed by atoms with Crippen LogP contribution < -0.4 is 0 Å². The minimum absolute atomic E-state index is 0.0360. The van der Waals surface area contributed by atoms with Crippen molar-refractivity contribution in [2.45, 2.75) is 126 Å². The van der Waals surface area contributed by atoms with Crippen molar-refractivity contribution >= 4 is 0 Å². The van der Waals surface area contributed by atoms with Gasteiger partial charge in [-0.05, 0) is 85.8 Å². The fourth-order valence-electron chi connectivity index (χ4n) is 9.75. The van der Waals surface area contributed by atoms with Crippen LogP contribution in [0.1, 0.15) is 108 Å². The van der Waals surface area contributed by atoms with E-state index in [9.17, 15) is 23.4 Å². The molecule has 4 unspecified atom stereocenters. The molecule has 5 aliphatic carbocycles. The molecule has 6 aliphatic rings. The molecule has 1 saturated heterocycles. The molecule has 0 amide bonds. The predicted molar refractivity (Wildman–Crippen MR) is 150 cm³/mol. The van der Waals surface area contributed by atoms with Crippen molar-refractivity contribution in [1.82, 2.24) is 0 Å². The van der Waals surface area contributed by atoms with Gasteiger partial charge in [0.2, 0.25) is 0 Å². The summed E-state index contributed by atoms with van der Waals surface area (Å²) in [7, 11) is 0. The number of alkyl halides is 5. The highest BCUT2D eigenvalue weighted by molar-refractivity contribution is 5.45. The van der Waals surface area contributed by atoms with Crippen molar-refractivity contribution < 1.29 is 41.6 Å². The van der Waals surface area contributed by atoms with E-state index in [1.54, 1.807) is 0 Å². The zero-order valence-electron chi connectivity index (χ0n) is 25.2. The lowest BCUT2D eigenvalue weighted by Crippen LogP contribution is -2.65. The van der Waals surface area contributed by atoms with Crippen molar-refractivity contribution in [1.29, 1.82) is 0 Å². The van der Waals surface area contributed by atoms with Gasteiger partial charge in [-0.3, -0.25) is 0 Å².